The van der Waals surface area contributed by atoms with Crippen molar-refractivity contribution < 1.29 is 24.2 Å². The van der Waals surface area contributed by atoms with Gasteiger partial charge in [0.1, 0.15) is 17.7 Å². The summed E-state index contributed by atoms with van der Waals surface area (Å²) in [5, 5.41) is 16.0. The van der Waals surface area contributed by atoms with E-state index in [4.69, 9.17) is 16.3 Å². The third kappa shape index (κ3) is 8.97. The number of carbonyl (C=O) groups excluding carboxylic acids is 3. The second kappa shape index (κ2) is 13.8. The molecule has 0 radical (unpaired) electrons. The van der Waals surface area contributed by atoms with E-state index in [1.54, 1.807) is 39.0 Å². The quantitative estimate of drug-likeness (QED) is 0.346. The van der Waals surface area contributed by atoms with Gasteiger partial charge in [0.2, 0.25) is 5.91 Å². The summed E-state index contributed by atoms with van der Waals surface area (Å²) in [5.74, 6) is -0.938. The van der Waals surface area contributed by atoms with Crippen LogP contribution in [0.1, 0.15) is 69.3 Å². The van der Waals surface area contributed by atoms with Gasteiger partial charge in [-0.2, -0.15) is 0 Å². The van der Waals surface area contributed by atoms with Gasteiger partial charge in [-0.25, -0.2) is 4.79 Å². The molecule has 0 aromatic heterocycles. The lowest BCUT2D eigenvalue weighted by atomic mass is 9.94. The van der Waals surface area contributed by atoms with Crippen molar-refractivity contribution in [1.29, 1.82) is 0 Å². The summed E-state index contributed by atoms with van der Waals surface area (Å²) in [6.07, 6.45) is -0.421. The highest BCUT2D eigenvalue weighted by atomic mass is 35.5. The third-order valence-corrected chi connectivity index (χ3v) is 6.61. The fraction of sp³-hybridized carbons (Fsp3) is 0.500. The molecule has 0 spiro atoms. The molecule has 0 aliphatic rings. The maximum absolute atomic E-state index is 14.1. The molecule has 8 nitrogen and oxygen atoms in total. The number of hydrogen-bond donors (Lipinski definition) is 3. The second-order valence-electron chi connectivity index (χ2n) is 11.2. The zero-order chi connectivity index (χ0) is 29.5. The van der Waals surface area contributed by atoms with E-state index in [9.17, 15) is 19.5 Å². The number of amides is 3. The number of aliphatic hydroxyl groups is 1. The molecule has 2 unspecified atom stereocenters. The Morgan fingerprint density at radius 1 is 1.03 bits per heavy atom. The Hall–Kier alpha value is -3.10. The first-order valence-corrected chi connectivity index (χ1v) is 13.6. The van der Waals surface area contributed by atoms with Crippen LogP contribution in [0.15, 0.2) is 36.4 Å². The molecule has 0 bridgehead atoms. The number of anilines is 1. The van der Waals surface area contributed by atoms with Crippen LogP contribution in [0.3, 0.4) is 0 Å². The highest BCUT2D eigenvalue weighted by Gasteiger charge is 2.37. The number of halogens is 1. The lowest BCUT2D eigenvalue weighted by Crippen LogP contribution is -2.53. The molecule has 3 amide bonds. The van der Waals surface area contributed by atoms with Crippen LogP contribution >= 0.6 is 11.6 Å². The topological polar surface area (TPSA) is 108 Å². The Morgan fingerprint density at radius 2 is 1.64 bits per heavy atom. The molecule has 214 valence electrons. The van der Waals surface area contributed by atoms with Crippen LogP contribution in [-0.2, 0) is 14.3 Å². The second-order valence-corrected chi connectivity index (χ2v) is 11.6. The Balaban J connectivity index is 2.60. The first-order valence-electron chi connectivity index (χ1n) is 13.2. The number of rotatable bonds is 10. The number of hydrogen-bond acceptors (Lipinski definition) is 5. The number of ether oxygens (including phenoxy) is 1. The number of benzene rings is 2. The van der Waals surface area contributed by atoms with Gasteiger partial charge in [-0.05, 0) is 82.2 Å². The van der Waals surface area contributed by atoms with Crippen molar-refractivity contribution in [2.24, 2.45) is 5.92 Å². The van der Waals surface area contributed by atoms with Gasteiger partial charge in [-0.3, -0.25) is 9.59 Å². The Bertz CT molecular complexity index is 1160. The van der Waals surface area contributed by atoms with E-state index in [1.165, 1.54) is 4.90 Å². The first kappa shape index (κ1) is 32.1. The minimum Gasteiger partial charge on any atom is -0.444 e. The molecule has 0 saturated heterocycles. The van der Waals surface area contributed by atoms with Crippen LogP contribution in [-0.4, -0.2) is 52.7 Å². The normalized spacial score (nSPS) is 13.0. The summed E-state index contributed by atoms with van der Waals surface area (Å²) in [4.78, 5) is 42.1. The summed E-state index contributed by atoms with van der Waals surface area (Å²) in [6, 6.07) is 8.76. The van der Waals surface area contributed by atoms with Crippen molar-refractivity contribution in [3.05, 3.63) is 63.7 Å². The van der Waals surface area contributed by atoms with Crippen molar-refractivity contribution in [2.75, 3.05) is 18.5 Å². The average molecular weight is 560 g/mol. The van der Waals surface area contributed by atoms with Crippen LogP contribution in [0.25, 0.3) is 0 Å². The average Bonchev–Trinajstić information content (AvgIpc) is 2.81. The summed E-state index contributed by atoms with van der Waals surface area (Å²) in [7, 11) is 0. The summed E-state index contributed by atoms with van der Waals surface area (Å²) in [5.41, 5.74) is 2.85. The van der Waals surface area contributed by atoms with E-state index in [-0.39, 0.29) is 19.1 Å². The molecule has 3 N–H and O–H groups in total. The van der Waals surface area contributed by atoms with Crippen LogP contribution in [0.5, 0.6) is 0 Å². The summed E-state index contributed by atoms with van der Waals surface area (Å²) in [6.45, 7) is 14.2. The monoisotopic (exact) mass is 559 g/mol. The van der Waals surface area contributed by atoms with Gasteiger partial charge in [-0.1, -0.05) is 55.8 Å². The molecule has 9 heteroatoms. The smallest absolute Gasteiger partial charge is 0.408 e. The highest BCUT2D eigenvalue weighted by Crippen LogP contribution is 2.31. The number of aryl methyl sites for hydroxylation is 2. The van der Waals surface area contributed by atoms with Gasteiger partial charge in [0.15, 0.2) is 0 Å². The molecule has 2 rings (SSSR count). The van der Waals surface area contributed by atoms with Gasteiger partial charge in [0.25, 0.3) is 5.91 Å². The van der Waals surface area contributed by atoms with Crippen LogP contribution in [0, 0.1) is 26.7 Å². The molecule has 2 aromatic rings. The van der Waals surface area contributed by atoms with Crippen molar-refractivity contribution >= 4 is 35.2 Å². The number of nitrogens with one attached hydrogen (secondary N) is 2. The van der Waals surface area contributed by atoms with E-state index in [0.29, 0.717) is 22.7 Å². The molecule has 39 heavy (non-hydrogen) atoms. The lowest BCUT2D eigenvalue weighted by molar-refractivity contribution is -0.141. The van der Waals surface area contributed by atoms with Crippen LogP contribution in [0.2, 0.25) is 5.02 Å². The highest BCUT2D eigenvalue weighted by molar-refractivity contribution is 6.34. The number of carbonyl (C=O) groups is 3. The largest absolute Gasteiger partial charge is 0.444 e. The summed E-state index contributed by atoms with van der Waals surface area (Å²) < 4.78 is 5.41. The third-order valence-electron chi connectivity index (χ3n) is 6.29. The Labute approximate surface area is 237 Å². The Morgan fingerprint density at radius 3 is 2.21 bits per heavy atom. The zero-order valence-electron chi connectivity index (χ0n) is 24.2. The maximum atomic E-state index is 14.1. The molecule has 0 aliphatic carbocycles. The van der Waals surface area contributed by atoms with Crippen molar-refractivity contribution in [2.45, 2.75) is 79.5 Å². The number of alkyl carbamates (subject to hydrolysis) is 1. The van der Waals surface area contributed by atoms with Crippen LogP contribution in [0.4, 0.5) is 10.5 Å². The number of aliphatic hydroxyl groups excluding tert-OH is 1. The predicted molar refractivity (Wildman–Crippen MR) is 155 cm³/mol. The van der Waals surface area contributed by atoms with Crippen LogP contribution < -0.4 is 10.6 Å². The van der Waals surface area contributed by atoms with E-state index in [1.807, 2.05) is 52.8 Å². The van der Waals surface area contributed by atoms with Gasteiger partial charge in [0, 0.05) is 6.54 Å². The molecule has 0 saturated carbocycles. The van der Waals surface area contributed by atoms with Gasteiger partial charge in [-0.15, -0.1) is 0 Å². The lowest BCUT2D eigenvalue weighted by Gasteiger charge is -2.35. The standard InChI is InChI=1S/C30H42ClN3O5/c1-18(2)17-24(32-29(38)39-30(6,7)8)28(37)34(15-16-35)26(22-13-9-11-19(3)21(22)5)27(36)33-25-20(4)12-10-14-23(25)31/h9-14,18,24,26,35H,15-17H2,1-8H3,(H,32,38)(H,33,36). The molecule has 0 fully saturated rings. The molecule has 2 atom stereocenters. The van der Waals surface area contributed by atoms with E-state index in [0.717, 1.165) is 16.7 Å². The van der Waals surface area contributed by atoms with E-state index in [2.05, 4.69) is 10.6 Å². The summed E-state index contributed by atoms with van der Waals surface area (Å²) >= 11 is 6.41. The van der Waals surface area contributed by atoms with Gasteiger partial charge < -0.3 is 25.4 Å². The van der Waals surface area contributed by atoms with Crippen molar-refractivity contribution in [3.8, 4) is 0 Å². The minimum absolute atomic E-state index is 0.0450. The molecular weight excluding hydrogens is 518 g/mol. The van der Waals surface area contributed by atoms with Gasteiger partial charge >= 0.3 is 6.09 Å². The molecule has 0 aliphatic heterocycles. The number of nitrogens with zero attached hydrogens (tertiary/aromatic N) is 1. The predicted octanol–water partition coefficient (Wildman–Crippen LogP) is 5.71. The maximum Gasteiger partial charge on any atom is 0.408 e. The number of para-hydroxylation sites is 1. The molecule has 0 heterocycles. The van der Waals surface area contributed by atoms with E-state index < -0.39 is 35.6 Å². The first-order chi connectivity index (χ1) is 18.2. The van der Waals surface area contributed by atoms with E-state index >= 15 is 0 Å². The van der Waals surface area contributed by atoms with Crippen molar-refractivity contribution in [1.82, 2.24) is 10.2 Å². The Kier molecular flexibility index (Phi) is 11.4. The van der Waals surface area contributed by atoms with Crippen molar-refractivity contribution in [3.63, 3.8) is 0 Å². The fourth-order valence-electron chi connectivity index (χ4n) is 4.32. The SMILES string of the molecule is Cc1cccc(C(C(=O)Nc2c(C)cccc2Cl)N(CCO)C(=O)C(CC(C)C)NC(=O)OC(C)(C)C)c1C. The zero-order valence-corrected chi connectivity index (χ0v) is 25.0. The minimum atomic E-state index is -1.10. The molecular formula is C30H42ClN3O5. The van der Waals surface area contributed by atoms with Gasteiger partial charge in [0.05, 0.1) is 17.3 Å². The molecule has 2 aromatic carbocycles. The fourth-order valence-corrected chi connectivity index (χ4v) is 4.59.